The fourth-order valence-electron chi connectivity index (χ4n) is 2.16. The molecule has 0 spiro atoms. The van der Waals surface area contributed by atoms with Crippen molar-refractivity contribution in [2.75, 3.05) is 6.54 Å². The Kier molecular flexibility index (Phi) is 1.82. The van der Waals surface area contributed by atoms with E-state index in [2.05, 4.69) is 47.2 Å². The first kappa shape index (κ1) is 8.38. The van der Waals surface area contributed by atoms with E-state index in [9.17, 15) is 0 Å². The predicted molar refractivity (Wildman–Crippen MR) is 61.7 cm³/mol. The highest BCUT2D eigenvalue weighted by Gasteiger charge is 2.20. The molecular formula is C11H12N2S. The van der Waals surface area contributed by atoms with Crippen molar-refractivity contribution >= 4 is 23.5 Å². The third-order valence-corrected chi connectivity index (χ3v) is 3.27. The lowest BCUT2D eigenvalue weighted by molar-refractivity contribution is 0.627. The number of aromatic amines is 1. The van der Waals surface area contributed by atoms with Crippen LogP contribution < -0.4 is 5.32 Å². The van der Waals surface area contributed by atoms with Crippen LogP contribution in [0, 0.1) is 0 Å². The Bertz CT molecular complexity index is 475. The minimum Gasteiger partial charge on any atom is -0.356 e. The molecule has 1 atom stereocenters. The average Bonchev–Trinajstić information content (AvgIpc) is 2.59. The van der Waals surface area contributed by atoms with E-state index in [0.717, 1.165) is 13.0 Å². The summed E-state index contributed by atoms with van der Waals surface area (Å²) in [5.41, 5.74) is 3.89. The quantitative estimate of drug-likeness (QED) is 0.564. The number of aromatic nitrogens is 1. The van der Waals surface area contributed by atoms with Gasteiger partial charge in [0.25, 0.3) is 0 Å². The number of thiol groups is 1. The molecule has 3 heteroatoms. The van der Waals surface area contributed by atoms with Gasteiger partial charge in [-0.25, -0.2) is 0 Å². The van der Waals surface area contributed by atoms with Gasteiger partial charge < -0.3 is 10.3 Å². The largest absolute Gasteiger partial charge is 0.356 e. The van der Waals surface area contributed by atoms with Gasteiger partial charge in [0.15, 0.2) is 0 Å². The Morgan fingerprint density at radius 2 is 2.14 bits per heavy atom. The Morgan fingerprint density at radius 1 is 1.29 bits per heavy atom. The Hall–Kier alpha value is -0.930. The molecule has 14 heavy (non-hydrogen) atoms. The Labute approximate surface area is 88.1 Å². The van der Waals surface area contributed by atoms with E-state index in [-0.39, 0.29) is 5.37 Å². The first-order valence-electron chi connectivity index (χ1n) is 4.87. The van der Waals surface area contributed by atoms with Crippen molar-refractivity contribution in [1.29, 1.82) is 0 Å². The highest BCUT2D eigenvalue weighted by Crippen LogP contribution is 2.31. The number of hydrogen-bond acceptors (Lipinski definition) is 2. The van der Waals surface area contributed by atoms with E-state index < -0.39 is 0 Å². The normalized spacial score (nSPS) is 21.1. The second kappa shape index (κ2) is 3.04. The molecule has 1 aliphatic heterocycles. The summed E-state index contributed by atoms with van der Waals surface area (Å²) in [4.78, 5) is 3.43. The fraction of sp³-hybridized carbons (Fsp3) is 0.273. The smallest absolute Gasteiger partial charge is 0.0914 e. The summed E-state index contributed by atoms with van der Waals surface area (Å²) < 4.78 is 0. The van der Waals surface area contributed by atoms with Crippen LogP contribution in [0.15, 0.2) is 24.3 Å². The molecule has 2 nitrogen and oxygen atoms in total. The van der Waals surface area contributed by atoms with Crippen LogP contribution >= 0.6 is 12.6 Å². The van der Waals surface area contributed by atoms with Crippen LogP contribution in [-0.2, 0) is 6.42 Å². The van der Waals surface area contributed by atoms with Crippen molar-refractivity contribution in [3.8, 4) is 0 Å². The molecular weight excluding hydrogens is 192 g/mol. The monoisotopic (exact) mass is 204 g/mol. The van der Waals surface area contributed by atoms with Crippen LogP contribution in [0.25, 0.3) is 10.9 Å². The van der Waals surface area contributed by atoms with Gasteiger partial charge in [0, 0.05) is 23.1 Å². The zero-order chi connectivity index (χ0) is 9.54. The van der Waals surface area contributed by atoms with Crippen molar-refractivity contribution in [2.24, 2.45) is 0 Å². The van der Waals surface area contributed by atoms with Gasteiger partial charge in [-0.3, -0.25) is 0 Å². The summed E-state index contributed by atoms with van der Waals surface area (Å²) >= 11 is 4.51. The van der Waals surface area contributed by atoms with Crippen molar-refractivity contribution in [2.45, 2.75) is 11.8 Å². The molecule has 0 saturated heterocycles. The fourth-order valence-corrected chi connectivity index (χ4v) is 2.51. The first-order chi connectivity index (χ1) is 6.86. The lowest BCUT2D eigenvalue weighted by Crippen LogP contribution is -2.26. The molecule has 3 rings (SSSR count). The van der Waals surface area contributed by atoms with Gasteiger partial charge in [0.2, 0.25) is 0 Å². The van der Waals surface area contributed by atoms with E-state index in [0.29, 0.717) is 0 Å². The van der Waals surface area contributed by atoms with Gasteiger partial charge in [-0.2, -0.15) is 12.6 Å². The van der Waals surface area contributed by atoms with Gasteiger partial charge in [-0.1, -0.05) is 18.2 Å². The molecule has 72 valence electrons. The molecule has 0 fully saturated rings. The summed E-state index contributed by atoms with van der Waals surface area (Å²) in [5.74, 6) is 0. The molecule has 1 aliphatic rings. The lowest BCUT2D eigenvalue weighted by Gasteiger charge is -2.19. The second-order valence-electron chi connectivity index (χ2n) is 3.67. The summed E-state index contributed by atoms with van der Waals surface area (Å²) in [7, 11) is 0. The van der Waals surface area contributed by atoms with Gasteiger partial charge in [0.05, 0.1) is 5.37 Å². The third-order valence-electron chi connectivity index (χ3n) is 2.83. The number of rotatable bonds is 0. The highest BCUT2D eigenvalue weighted by atomic mass is 32.1. The minimum atomic E-state index is 0.158. The average molecular weight is 204 g/mol. The van der Waals surface area contributed by atoms with Crippen molar-refractivity contribution in [3.05, 3.63) is 35.5 Å². The number of hydrogen-bond donors (Lipinski definition) is 3. The van der Waals surface area contributed by atoms with Crippen LogP contribution in [0.2, 0.25) is 0 Å². The summed E-state index contributed by atoms with van der Waals surface area (Å²) in [6.45, 7) is 1.02. The molecule has 1 aromatic carbocycles. The lowest BCUT2D eigenvalue weighted by atomic mass is 10.0. The topological polar surface area (TPSA) is 27.8 Å². The van der Waals surface area contributed by atoms with E-state index in [1.165, 1.54) is 22.2 Å². The molecule has 2 N–H and O–H groups in total. The van der Waals surface area contributed by atoms with Crippen molar-refractivity contribution in [3.63, 3.8) is 0 Å². The van der Waals surface area contributed by atoms with Crippen LogP contribution in [0.1, 0.15) is 16.6 Å². The number of nitrogens with one attached hydrogen (secondary N) is 2. The van der Waals surface area contributed by atoms with Crippen LogP contribution in [0.4, 0.5) is 0 Å². The standard InChI is InChI=1S/C11H12N2S/c14-11-10-8(5-6-12-11)7-3-1-2-4-9(7)13-10/h1-4,11-14H,5-6H2. The molecule has 0 saturated carbocycles. The highest BCUT2D eigenvalue weighted by molar-refractivity contribution is 7.80. The second-order valence-corrected chi connectivity index (χ2v) is 4.19. The number of benzene rings is 1. The zero-order valence-corrected chi connectivity index (χ0v) is 8.64. The van der Waals surface area contributed by atoms with Crippen LogP contribution in [0.3, 0.4) is 0 Å². The zero-order valence-electron chi connectivity index (χ0n) is 7.75. The SMILES string of the molecule is SC1NCCc2c1[nH]c1ccccc21. The third kappa shape index (κ3) is 1.09. The molecule has 0 bridgehead atoms. The predicted octanol–water partition coefficient (Wildman–Crippen LogP) is 2.24. The van der Waals surface area contributed by atoms with E-state index in [1.54, 1.807) is 0 Å². The van der Waals surface area contributed by atoms with E-state index >= 15 is 0 Å². The van der Waals surface area contributed by atoms with E-state index in [1.807, 2.05) is 0 Å². The minimum absolute atomic E-state index is 0.158. The van der Waals surface area contributed by atoms with Gasteiger partial charge in [0.1, 0.15) is 0 Å². The maximum absolute atomic E-state index is 4.51. The summed E-state index contributed by atoms with van der Waals surface area (Å²) in [5, 5.41) is 4.84. The first-order valence-corrected chi connectivity index (χ1v) is 5.39. The molecule has 2 aromatic rings. The van der Waals surface area contributed by atoms with Gasteiger partial charge >= 0.3 is 0 Å². The van der Waals surface area contributed by atoms with Crippen molar-refractivity contribution in [1.82, 2.24) is 10.3 Å². The Morgan fingerprint density at radius 3 is 3.07 bits per heavy atom. The molecule has 2 heterocycles. The number of fused-ring (bicyclic) bond motifs is 3. The van der Waals surface area contributed by atoms with Gasteiger partial charge in [-0.15, -0.1) is 0 Å². The Balaban J connectivity index is 2.32. The molecule has 1 unspecified atom stereocenters. The van der Waals surface area contributed by atoms with Crippen LogP contribution in [0.5, 0.6) is 0 Å². The number of H-pyrrole nitrogens is 1. The molecule has 0 aliphatic carbocycles. The maximum atomic E-state index is 4.51. The number of para-hydroxylation sites is 1. The molecule has 0 radical (unpaired) electrons. The maximum Gasteiger partial charge on any atom is 0.0914 e. The molecule has 0 amide bonds. The molecule has 1 aromatic heterocycles. The summed E-state index contributed by atoms with van der Waals surface area (Å²) in [6, 6.07) is 8.45. The van der Waals surface area contributed by atoms with Crippen LogP contribution in [-0.4, -0.2) is 11.5 Å². The van der Waals surface area contributed by atoms with E-state index in [4.69, 9.17) is 0 Å². The van der Waals surface area contributed by atoms with Gasteiger partial charge in [-0.05, 0) is 18.1 Å². The van der Waals surface area contributed by atoms with Crippen molar-refractivity contribution < 1.29 is 0 Å². The summed E-state index contributed by atoms with van der Waals surface area (Å²) in [6.07, 6.45) is 1.09.